The molecule has 18 heavy (non-hydrogen) atoms. The highest BCUT2D eigenvalue weighted by Crippen LogP contribution is 2.27. The molecule has 0 aliphatic carbocycles. The van der Waals surface area contributed by atoms with Crippen LogP contribution in [-0.4, -0.2) is 0 Å². The topological polar surface area (TPSA) is 26.0 Å². The maximum Gasteiger partial charge on any atom is 0.0447 e. The highest BCUT2D eigenvalue weighted by Gasteiger charge is 2.25. The van der Waals surface area contributed by atoms with E-state index in [0.29, 0.717) is 0 Å². The molecule has 0 bridgehead atoms. The molecule has 0 heterocycles. The molecular formula is C16H18ClN. The molecule has 94 valence electrons. The summed E-state index contributed by atoms with van der Waals surface area (Å²) >= 11 is 5.92. The van der Waals surface area contributed by atoms with E-state index in [4.69, 9.17) is 17.3 Å². The van der Waals surface area contributed by atoms with Gasteiger partial charge in [0.2, 0.25) is 0 Å². The SMILES string of the molecule is CCC(N)(Cc1ccccc1)c1ccc(Cl)cc1. The number of rotatable bonds is 4. The van der Waals surface area contributed by atoms with Gasteiger partial charge in [0, 0.05) is 10.6 Å². The van der Waals surface area contributed by atoms with Crippen LogP contribution in [0.25, 0.3) is 0 Å². The zero-order valence-electron chi connectivity index (χ0n) is 10.6. The van der Waals surface area contributed by atoms with E-state index < -0.39 is 0 Å². The lowest BCUT2D eigenvalue weighted by Crippen LogP contribution is -2.38. The predicted octanol–water partition coefficient (Wildman–Crippen LogP) is 4.15. The first-order valence-electron chi connectivity index (χ1n) is 6.23. The van der Waals surface area contributed by atoms with Crippen molar-refractivity contribution in [3.05, 3.63) is 70.7 Å². The third-order valence-corrected chi connectivity index (χ3v) is 3.66. The van der Waals surface area contributed by atoms with Gasteiger partial charge in [-0.25, -0.2) is 0 Å². The summed E-state index contributed by atoms with van der Waals surface area (Å²) in [7, 11) is 0. The summed E-state index contributed by atoms with van der Waals surface area (Å²) in [6, 6.07) is 18.2. The Kier molecular flexibility index (Phi) is 4.05. The first kappa shape index (κ1) is 13.1. The van der Waals surface area contributed by atoms with Crippen LogP contribution in [0.4, 0.5) is 0 Å². The summed E-state index contributed by atoms with van der Waals surface area (Å²) in [4.78, 5) is 0. The number of hydrogen-bond donors (Lipinski definition) is 1. The van der Waals surface area contributed by atoms with Gasteiger partial charge in [0.1, 0.15) is 0 Å². The molecule has 2 N–H and O–H groups in total. The maximum atomic E-state index is 6.56. The number of benzene rings is 2. The fraction of sp³-hybridized carbons (Fsp3) is 0.250. The van der Waals surface area contributed by atoms with Crippen molar-refractivity contribution in [1.29, 1.82) is 0 Å². The first-order valence-corrected chi connectivity index (χ1v) is 6.61. The molecule has 1 atom stereocenters. The minimum atomic E-state index is -0.327. The van der Waals surface area contributed by atoms with Gasteiger partial charge in [-0.15, -0.1) is 0 Å². The molecular weight excluding hydrogens is 242 g/mol. The Bertz CT molecular complexity index is 492. The highest BCUT2D eigenvalue weighted by atomic mass is 35.5. The third-order valence-electron chi connectivity index (χ3n) is 3.41. The number of hydrogen-bond acceptors (Lipinski definition) is 1. The van der Waals surface area contributed by atoms with Gasteiger partial charge in [-0.2, -0.15) is 0 Å². The van der Waals surface area contributed by atoms with E-state index in [1.807, 2.05) is 42.5 Å². The fourth-order valence-corrected chi connectivity index (χ4v) is 2.30. The average Bonchev–Trinajstić information content (AvgIpc) is 2.40. The van der Waals surface area contributed by atoms with Crippen LogP contribution in [0.1, 0.15) is 24.5 Å². The Labute approximate surface area is 114 Å². The average molecular weight is 260 g/mol. The minimum absolute atomic E-state index is 0.327. The van der Waals surface area contributed by atoms with E-state index in [1.165, 1.54) is 5.56 Å². The van der Waals surface area contributed by atoms with Crippen LogP contribution < -0.4 is 5.73 Å². The lowest BCUT2D eigenvalue weighted by atomic mass is 9.82. The second kappa shape index (κ2) is 5.55. The molecule has 1 unspecified atom stereocenters. The van der Waals surface area contributed by atoms with Crippen molar-refractivity contribution < 1.29 is 0 Å². The predicted molar refractivity (Wildman–Crippen MR) is 77.8 cm³/mol. The summed E-state index contributed by atoms with van der Waals surface area (Å²) in [6.45, 7) is 2.12. The molecule has 0 aromatic heterocycles. The van der Waals surface area contributed by atoms with E-state index in [2.05, 4.69) is 19.1 Å². The molecule has 0 radical (unpaired) electrons. The van der Waals surface area contributed by atoms with Crippen LogP contribution in [0.3, 0.4) is 0 Å². The Morgan fingerprint density at radius 2 is 1.61 bits per heavy atom. The molecule has 2 heteroatoms. The molecule has 1 nitrogen and oxygen atoms in total. The van der Waals surface area contributed by atoms with Crippen LogP contribution >= 0.6 is 11.6 Å². The van der Waals surface area contributed by atoms with Crippen LogP contribution in [0.2, 0.25) is 5.02 Å². The molecule has 0 spiro atoms. The van der Waals surface area contributed by atoms with Crippen molar-refractivity contribution in [2.75, 3.05) is 0 Å². The van der Waals surface area contributed by atoms with Gasteiger partial charge < -0.3 is 5.73 Å². The number of nitrogens with two attached hydrogens (primary N) is 1. The van der Waals surface area contributed by atoms with Crippen molar-refractivity contribution in [1.82, 2.24) is 0 Å². The second-order valence-electron chi connectivity index (χ2n) is 4.68. The van der Waals surface area contributed by atoms with Gasteiger partial charge in [-0.05, 0) is 36.1 Å². The van der Waals surface area contributed by atoms with Gasteiger partial charge in [0.25, 0.3) is 0 Å². The maximum absolute atomic E-state index is 6.56. The molecule has 0 saturated carbocycles. The van der Waals surface area contributed by atoms with Crippen molar-refractivity contribution >= 4 is 11.6 Å². The molecule has 2 aromatic rings. The second-order valence-corrected chi connectivity index (χ2v) is 5.12. The summed E-state index contributed by atoms with van der Waals surface area (Å²) in [5, 5.41) is 0.747. The van der Waals surface area contributed by atoms with Crippen molar-refractivity contribution in [3.63, 3.8) is 0 Å². The van der Waals surface area contributed by atoms with Gasteiger partial charge in [-0.1, -0.05) is 61.0 Å². The van der Waals surface area contributed by atoms with Crippen LogP contribution in [0.5, 0.6) is 0 Å². The monoisotopic (exact) mass is 259 g/mol. The summed E-state index contributed by atoms with van der Waals surface area (Å²) < 4.78 is 0. The molecule has 0 fully saturated rings. The van der Waals surface area contributed by atoms with Crippen LogP contribution in [-0.2, 0) is 12.0 Å². The zero-order chi connectivity index (χ0) is 13.0. The lowest BCUT2D eigenvalue weighted by molar-refractivity contribution is 0.425. The Morgan fingerprint density at radius 1 is 1.00 bits per heavy atom. The van der Waals surface area contributed by atoms with Crippen LogP contribution in [0, 0.1) is 0 Å². The van der Waals surface area contributed by atoms with Crippen molar-refractivity contribution in [3.8, 4) is 0 Å². The Balaban J connectivity index is 2.28. The Morgan fingerprint density at radius 3 is 2.17 bits per heavy atom. The van der Waals surface area contributed by atoms with Crippen molar-refractivity contribution in [2.45, 2.75) is 25.3 Å². The lowest BCUT2D eigenvalue weighted by Gasteiger charge is -2.29. The van der Waals surface area contributed by atoms with Gasteiger partial charge >= 0.3 is 0 Å². The van der Waals surface area contributed by atoms with Gasteiger partial charge in [0.15, 0.2) is 0 Å². The Hall–Kier alpha value is -1.31. The van der Waals surface area contributed by atoms with Crippen molar-refractivity contribution in [2.24, 2.45) is 5.73 Å². The minimum Gasteiger partial charge on any atom is -0.321 e. The standard InChI is InChI=1S/C16H18ClN/c1-2-16(18,12-13-6-4-3-5-7-13)14-8-10-15(17)11-9-14/h3-11H,2,12,18H2,1H3. The molecule has 0 saturated heterocycles. The van der Waals surface area contributed by atoms with E-state index in [1.54, 1.807) is 0 Å². The van der Waals surface area contributed by atoms with Crippen LogP contribution in [0.15, 0.2) is 54.6 Å². The zero-order valence-corrected chi connectivity index (χ0v) is 11.3. The molecule has 2 aromatic carbocycles. The molecule has 0 aliphatic heterocycles. The van der Waals surface area contributed by atoms with Gasteiger partial charge in [0.05, 0.1) is 0 Å². The highest BCUT2D eigenvalue weighted by molar-refractivity contribution is 6.30. The summed E-state index contributed by atoms with van der Waals surface area (Å²) in [6.07, 6.45) is 1.73. The normalized spacial score (nSPS) is 14.2. The largest absolute Gasteiger partial charge is 0.321 e. The van der Waals surface area contributed by atoms with E-state index in [0.717, 1.165) is 23.4 Å². The summed E-state index contributed by atoms with van der Waals surface area (Å²) in [5.41, 5.74) is 8.63. The van der Waals surface area contributed by atoms with E-state index >= 15 is 0 Å². The van der Waals surface area contributed by atoms with Gasteiger partial charge in [-0.3, -0.25) is 0 Å². The van der Waals surface area contributed by atoms with E-state index in [9.17, 15) is 0 Å². The molecule has 0 aliphatic rings. The summed E-state index contributed by atoms with van der Waals surface area (Å²) in [5.74, 6) is 0. The number of halogens is 1. The smallest absolute Gasteiger partial charge is 0.0447 e. The molecule has 0 amide bonds. The third kappa shape index (κ3) is 2.92. The first-order chi connectivity index (χ1) is 8.64. The molecule has 2 rings (SSSR count). The quantitative estimate of drug-likeness (QED) is 0.877. The fourth-order valence-electron chi connectivity index (χ4n) is 2.17. The van der Waals surface area contributed by atoms with E-state index in [-0.39, 0.29) is 5.54 Å².